The monoisotopic (exact) mass is 760 g/mol. The number of likely N-dealkylation sites (N-methyl/N-ethyl adjacent to an activating group) is 2. The Hall–Kier alpha value is -5.98. The zero-order valence-electron chi connectivity index (χ0n) is 29.2. The van der Waals surface area contributed by atoms with Gasteiger partial charge in [0.05, 0.1) is 11.1 Å². The topological polar surface area (TPSA) is 196 Å². The molecule has 1 aromatic heterocycles. The van der Waals surface area contributed by atoms with Gasteiger partial charge in [-0.15, -0.1) is 0 Å². The molecule has 15 nitrogen and oxygen atoms in total. The lowest BCUT2D eigenvalue weighted by Gasteiger charge is -2.33. The summed E-state index contributed by atoms with van der Waals surface area (Å²) in [5.41, 5.74) is 0.521. The number of carboxylic acid groups (broad SMARTS) is 1. The molecule has 3 N–H and O–H groups in total. The van der Waals surface area contributed by atoms with E-state index >= 15 is 0 Å². The molecule has 3 heterocycles. The molecule has 288 valence electrons. The van der Waals surface area contributed by atoms with Crippen LogP contribution in [0.15, 0.2) is 48.7 Å². The number of alkyl halides is 3. The number of carbonyl (C=O) groups excluding carboxylic acids is 6. The van der Waals surface area contributed by atoms with Crippen molar-refractivity contribution in [2.24, 2.45) is 0 Å². The number of amides is 6. The number of ether oxygens (including phenoxy) is 1. The van der Waals surface area contributed by atoms with Crippen LogP contribution in [0.4, 0.5) is 17.6 Å². The second-order valence-corrected chi connectivity index (χ2v) is 12.1. The van der Waals surface area contributed by atoms with Gasteiger partial charge in [-0.1, -0.05) is 19.1 Å². The maximum atomic E-state index is 14.7. The van der Waals surface area contributed by atoms with Crippen LogP contribution < -0.4 is 15.4 Å². The average molecular weight is 761 g/mol. The normalized spacial score (nSPS) is 16.0. The quantitative estimate of drug-likeness (QED) is 0.181. The molecule has 1 saturated heterocycles. The number of piperidine rings is 1. The van der Waals surface area contributed by atoms with E-state index in [0.717, 1.165) is 4.90 Å². The number of para-hydroxylation sites is 1. The molecule has 2 aliphatic heterocycles. The van der Waals surface area contributed by atoms with Gasteiger partial charge in [0.15, 0.2) is 6.61 Å². The Bertz CT molecular complexity index is 1970. The molecular formula is C35H36F4N6O9. The second-order valence-electron chi connectivity index (χ2n) is 12.1. The lowest BCUT2D eigenvalue weighted by Crippen LogP contribution is -2.54. The predicted molar refractivity (Wildman–Crippen MR) is 180 cm³/mol. The number of carbonyl (C=O) groups is 7. The summed E-state index contributed by atoms with van der Waals surface area (Å²) in [6.45, 7) is 4.70. The molecule has 6 amide bonds. The van der Waals surface area contributed by atoms with E-state index in [-0.39, 0.29) is 48.3 Å². The number of carboxylic acids is 1. The number of pyridine rings is 1. The van der Waals surface area contributed by atoms with E-state index in [1.807, 2.05) is 18.9 Å². The maximum absolute atomic E-state index is 14.7. The van der Waals surface area contributed by atoms with Crippen LogP contribution in [0.25, 0.3) is 10.9 Å². The van der Waals surface area contributed by atoms with Crippen molar-refractivity contribution in [1.82, 2.24) is 30.3 Å². The Morgan fingerprint density at radius 2 is 1.74 bits per heavy atom. The van der Waals surface area contributed by atoms with E-state index in [4.69, 9.17) is 14.6 Å². The number of halogens is 4. The molecule has 1 fully saturated rings. The number of imide groups is 2. The third-order valence-corrected chi connectivity index (χ3v) is 8.56. The van der Waals surface area contributed by atoms with Gasteiger partial charge in [-0.2, -0.15) is 13.2 Å². The van der Waals surface area contributed by atoms with Crippen LogP contribution in [0.1, 0.15) is 59.0 Å². The maximum Gasteiger partial charge on any atom is 0.490 e. The van der Waals surface area contributed by atoms with Crippen LogP contribution >= 0.6 is 0 Å². The van der Waals surface area contributed by atoms with Gasteiger partial charge in [0.2, 0.25) is 17.7 Å². The molecular weight excluding hydrogens is 724 g/mol. The lowest BCUT2D eigenvalue weighted by molar-refractivity contribution is -0.192. The van der Waals surface area contributed by atoms with Gasteiger partial charge in [0.1, 0.15) is 29.2 Å². The Morgan fingerprint density at radius 1 is 1.06 bits per heavy atom. The fraction of sp³-hybridized carbons (Fsp3) is 0.371. The zero-order valence-corrected chi connectivity index (χ0v) is 29.2. The minimum absolute atomic E-state index is 0.00319. The summed E-state index contributed by atoms with van der Waals surface area (Å²) in [6, 6.07) is 7.88. The Balaban J connectivity index is 0.000000845. The molecule has 0 radical (unpaired) electrons. The van der Waals surface area contributed by atoms with Crippen molar-refractivity contribution < 1.29 is 61.0 Å². The van der Waals surface area contributed by atoms with E-state index in [9.17, 15) is 46.3 Å². The smallest absolute Gasteiger partial charge is 0.484 e. The van der Waals surface area contributed by atoms with Gasteiger partial charge < -0.3 is 25.0 Å². The van der Waals surface area contributed by atoms with Gasteiger partial charge in [-0.25, -0.2) is 9.18 Å². The van der Waals surface area contributed by atoms with E-state index in [0.29, 0.717) is 24.0 Å². The molecule has 2 aliphatic rings. The highest BCUT2D eigenvalue weighted by Crippen LogP contribution is 2.32. The lowest BCUT2D eigenvalue weighted by atomic mass is 9.99. The van der Waals surface area contributed by atoms with Crippen molar-refractivity contribution in [3.05, 3.63) is 71.2 Å². The molecule has 19 heteroatoms. The third kappa shape index (κ3) is 9.14. The van der Waals surface area contributed by atoms with E-state index in [2.05, 4.69) is 15.6 Å². The fourth-order valence-electron chi connectivity index (χ4n) is 5.72. The number of rotatable bonds is 12. The molecule has 54 heavy (non-hydrogen) atoms. The summed E-state index contributed by atoms with van der Waals surface area (Å²) in [6.07, 6.45) is -3.68. The van der Waals surface area contributed by atoms with Crippen LogP contribution in [-0.2, 0) is 24.0 Å². The Labute approximate surface area is 305 Å². The molecule has 0 spiro atoms. The van der Waals surface area contributed by atoms with E-state index in [1.165, 1.54) is 41.4 Å². The van der Waals surface area contributed by atoms with Gasteiger partial charge in [-0.05, 0) is 62.8 Å². The first-order valence-corrected chi connectivity index (χ1v) is 16.6. The molecule has 2 aromatic carbocycles. The largest absolute Gasteiger partial charge is 0.490 e. The van der Waals surface area contributed by atoms with Gasteiger partial charge in [0.25, 0.3) is 17.7 Å². The summed E-state index contributed by atoms with van der Waals surface area (Å²) in [4.78, 5) is 95.0. The van der Waals surface area contributed by atoms with Crippen LogP contribution in [0.2, 0.25) is 0 Å². The molecule has 2 atom stereocenters. The van der Waals surface area contributed by atoms with Crippen molar-refractivity contribution in [3.8, 4) is 5.75 Å². The van der Waals surface area contributed by atoms with E-state index in [1.54, 1.807) is 19.1 Å². The number of aromatic nitrogens is 1. The standard InChI is InChI=1S/C33H35FN6O7.C2HF3O2/c1-4-35-31(44)29(21-13-14-36-28-20(21)7-6-8-24(28)34)39(16-15-38(3)5-2)27(42)18-47-19-9-10-22-23(17-19)33(46)40(32(22)45)25-11-12-26(41)37-30(25)43;3-2(4,5)1(6)7/h6-10,13-14,17,25,29H,4-5,11-12,15-16,18H2,1-3H3,(H,35,44)(H,37,41,43);(H,6,7). The number of aliphatic carboxylic acids is 1. The van der Waals surface area contributed by atoms with Crippen molar-refractivity contribution >= 4 is 52.3 Å². The summed E-state index contributed by atoms with van der Waals surface area (Å²) in [7, 11) is 1.87. The number of hydrogen-bond donors (Lipinski definition) is 3. The minimum Gasteiger partial charge on any atom is -0.484 e. The Morgan fingerprint density at radius 3 is 2.37 bits per heavy atom. The number of fused-ring (bicyclic) bond motifs is 2. The molecule has 3 aromatic rings. The predicted octanol–water partition coefficient (Wildman–Crippen LogP) is 2.44. The van der Waals surface area contributed by atoms with Crippen molar-refractivity contribution in [3.63, 3.8) is 0 Å². The van der Waals surface area contributed by atoms with E-state index < -0.39 is 72.1 Å². The van der Waals surface area contributed by atoms with Crippen LogP contribution in [-0.4, -0.2) is 118 Å². The zero-order chi connectivity index (χ0) is 39.9. The molecule has 0 bridgehead atoms. The first kappa shape index (κ1) is 40.8. The number of hydrogen-bond acceptors (Lipinski definition) is 10. The minimum atomic E-state index is -5.08. The second kappa shape index (κ2) is 17.2. The van der Waals surface area contributed by atoms with Crippen molar-refractivity contribution in [2.45, 2.75) is 44.9 Å². The highest BCUT2D eigenvalue weighted by molar-refractivity contribution is 6.23. The highest BCUT2D eigenvalue weighted by atomic mass is 19.4. The SMILES string of the molecule is CCNC(=O)C(c1ccnc2c(F)cccc12)N(CCN(C)CC)C(=O)COc1ccc2c(c1)C(=O)N(C1CCC(=O)NC1=O)C2=O.O=C(O)C(F)(F)F. The van der Waals surface area contributed by atoms with Crippen molar-refractivity contribution in [1.29, 1.82) is 0 Å². The van der Waals surface area contributed by atoms with Gasteiger partial charge in [-0.3, -0.25) is 44.0 Å². The summed E-state index contributed by atoms with van der Waals surface area (Å²) >= 11 is 0. The number of benzene rings is 2. The van der Waals surface area contributed by atoms with Gasteiger partial charge >= 0.3 is 12.1 Å². The molecule has 2 unspecified atom stereocenters. The molecule has 0 saturated carbocycles. The summed E-state index contributed by atoms with van der Waals surface area (Å²) in [5, 5.41) is 12.4. The highest BCUT2D eigenvalue weighted by Gasteiger charge is 2.45. The third-order valence-electron chi connectivity index (χ3n) is 8.56. The van der Waals surface area contributed by atoms with Crippen molar-refractivity contribution in [2.75, 3.05) is 39.8 Å². The van der Waals surface area contributed by atoms with Gasteiger partial charge in [0, 0.05) is 37.6 Å². The number of nitrogens with zero attached hydrogens (tertiary/aromatic N) is 4. The summed E-state index contributed by atoms with van der Waals surface area (Å²) < 4.78 is 52.3. The summed E-state index contributed by atoms with van der Waals surface area (Å²) in [5.74, 6) is -6.81. The fourth-order valence-corrected chi connectivity index (χ4v) is 5.72. The van der Waals surface area contributed by atoms with Crippen LogP contribution in [0.3, 0.4) is 0 Å². The van der Waals surface area contributed by atoms with Crippen LogP contribution in [0.5, 0.6) is 5.75 Å². The van der Waals surface area contributed by atoms with Crippen LogP contribution in [0, 0.1) is 5.82 Å². The number of nitrogens with one attached hydrogen (secondary N) is 2. The first-order chi connectivity index (χ1) is 25.5. The average Bonchev–Trinajstić information content (AvgIpc) is 3.37. The Kier molecular flexibility index (Phi) is 13.0. The first-order valence-electron chi connectivity index (χ1n) is 16.6. The molecule has 0 aliphatic carbocycles. The molecule has 5 rings (SSSR count).